The molecule has 0 saturated carbocycles. The van der Waals surface area contributed by atoms with Crippen LogP contribution in [-0.2, 0) is 9.59 Å². The van der Waals surface area contributed by atoms with E-state index in [1.165, 1.54) is 42.1 Å². The number of thioether (sulfide) groups is 1. The molecule has 4 rings (SSSR count). The van der Waals surface area contributed by atoms with Crippen molar-refractivity contribution in [3.63, 3.8) is 0 Å². The summed E-state index contributed by atoms with van der Waals surface area (Å²) in [6.45, 7) is 5.92. The van der Waals surface area contributed by atoms with Crippen LogP contribution in [0, 0.1) is 19.7 Å². The van der Waals surface area contributed by atoms with Gasteiger partial charge in [-0.2, -0.15) is 0 Å². The van der Waals surface area contributed by atoms with Gasteiger partial charge >= 0.3 is 0 Å². The van der Waals surface area contributed by atoms with Crippen molar-refractivity contribution in [3.8, 4) is 0 Å². The van der Waals surface area contributed by atoms with Gasteiger partial charge in [0.2, 0.25) is 5.91 Å². The Morgan fingerprint density at radius 2 is 1.60 bits per heavy atom. The van der Waals surface area contributed by atoms with E-state index >= 15 is 0 Å². The van der Waals surface area contributed by atoms with Crippen molar-refractivity contribution in [3.05, 3.63) is 131 Å². The van der Waals surface area contributed by atoms with E-state index in [1.54, 1.807) is 48.5 Å². The number of carbonyl (C=O) groups is 3. The number of amides is 3. The smallest absolute Gasteiger partial charge is 0.272 e. The van der Waals surface area contributed by atoms with Crippen LogP contribution in [0.5, 0.6) is 0 Å². The molecule has 0 fully saturated rings. The summed E-state index contributed by atoms with van der Waals surface area (Å²) in [4.78, 5) is 40.1. The van der Waals surface area contributed by atoms with Crippen molar-refractivity contribution in [2.45, 2.75) is 37.3 Å². The van der Waals surface area contributed by atoms with Gasteiger partial charge in [0.15, 0.2) is 0 Å². The first-order valence-electron chi connectivity index (χ1n) is 13.5. The zero-order valence-corrected chi connectivity index (χ0v) is 24.4. The second kappa shape index (κ2) is 14.3. The van der Waals surface area contributed by atoms with Crippen molar-refractivity contribution in [2.75, 3.05) is 10.6 Å². The fraction of sp³-hybridized carbons (Fsp3) is 0.147. The predicted molar refractivity (Wildman–Crippen MR) is 168 cm³/mol. The zero-order chi connectivity index (χ0) is 30.1. The highest BCUT2D eigenvalue weighted by atomic mass is 32.2. The van der Waals surface area contributed by atoms with Crippen molar-refractivity contribution in [2.24, 2.45) is 0 Å². The Labute approximate surface area is 249 Å². The highest BCUT2D eigenvalue weighted by Gasteiger charge is 2.20. The van der Waals surface area contributed by atoms with Crippen LogP contribution in [-0.4, -0.2) is 23.0 Å². The maximum Gasteiger partial charge on any atom is 0.272 e. The molecule has 0 aliphatic rings. The number of hydrogen-bond donors (Lipinski definition) is 3. The molecule has 3 amide bonds. The minimum atomic E-state index is -0.551. The average molecular weight is 582 g/mol. The topological polar surface area (TPSA) is 87.3 Å². The molecule has 0 radical (unpaired) electrons. The van der Waals surface area contributed by atoms with Gasteiger partial charge in [0.1, 0.15) is 11.5 Å². The first kappa shape index (κ1) is 30.3. The molecule has 3 N–H and O–H groups in total. The molecular formula is C34H32FN3O3S. The van der Waals surface area contributed by atoms with E-state index < -0.39 is 17.6 Å². The molecule has 4 aromatic rings. The average Bonchev–Trinajstić information content (AvgIpc) is 2.98. The summed E-state index contributed by atoms with van der Waals surface area (Å²) in [5.41, 5.74) is 4.32. The molecular weight excluding hydrogens is 549 g/mol. The summed E-state index contributed by atoms with van der Waals surface area (Å²) in [5, 5.41) is 8.19. The second-order valence-corrected chi connectivity index (χ2v) is 11.0. The largest absolute Gasteiger partial charge is 0.325 e. The first-order valence-corrected chi connectivity index (χ1v) is 14.4. The Kier molecular flexibility index (Phi) is 10.3. The molecule has 42 heavy (non-hydrogen) atoms. The van der Waals surface area contributed by atoms with Crippen LogP contribution < -0.4 is 16.0 Å². The van der Waals surface area contributed by atoms with Gasteiger partial charge < -0.3 is 16.0 Å². The van der Waals surface area contributed by atoms with Crippen LogP contribution in [0.3, 0.4) is 0 Å². The fourth-order valence-electron chi connectivity index (χ4n) is 4.17. The standard InChI is InChI=1S/C34H32FN3O3S/c1-4-31(34(41)37-29-18-13-22(2)19-23(29)3)42-28-12-8-11-27(21-28)36-33(40)30(20-24-14-16-26(35)17-15-24)38-32(39)25-9-6-5-7-10-25/h5-21,31H,4H2,1-3H3,(H,36,40)(H,37,41)(H,38,39)/b30-20+. The number of aryl methyl sites for hydroxylation is 2. The Balaban J connectivity index is 1.50. The molecule has 1 unspecified atom stereocenters. The van der Waals surface area contributed by atoms with Crippen LogP contribution in [0.2, 0.25) is 0 Å². The number of halogens is 1. The molecule has 0 heterocycles. The Bertz CT molecular complexity index is 1600. The molecule has 0 aromatic heterocycles. The highest BCUT2D eigenvalue weighted by Crippen LogP contribution is 2.29. The van der Waals surface area contributed by atoms with Gasteiger partial charge in [0.25, 0.3) is 11.8 Å². The van der Waals surface area contributed by atoms with Crippen LogP contribution in [0.4, 0.5) is 15.8 Å². The van der Waals surface area contributed by atoms with Crippen LogP contribution >= 0.6 is 11.8 Å². The Hall–Kier alpha value is -4.69. The molecule has 0 saturated heterocycles. The molecule has 0 spiro atoms. The monoisotopic (exact) mass is 581 g/mol. The third-order valence-corrected chi connectivity index (χ3v) is 7.74. The lowest BCUT2D eigenvalue weighted by molar-refractivity contribution is -0.116. The summed E-state index contributed by atoms with van der Waals surface area (Å²) in [6, 6.07) is 27.2. The molecule has 6 nitrogen and oxygen atoms in total. The fourth-order valence-corrected chi connectivity index (χ4v) is 5.18. The Morgan fingerprint density at radius 1 is 0.857 bits per heavy atom. The Morgan fingerprint density at radius 3 is 2.29 bits per heavy atom. The summed E-state index contributed by atoms with van der Waals surface area (Å²) in [6.07, 6.45) is 2.09. The number of rotatable bonds is 10. The minimum absolute atomic E-state index is 0.00667. The lowest BCUT2D eigenvalue weighted by atomic mass is 10.1. The van der Waals surface area contributed by atoms with Gasteiger partial charge in [-0.05, 0) is 86.0 Å². The summed E-state index contributed by atoms with van der Waals surface area (Å²) in [7, 11) is 0. The van der Waals surface area contributed by atoms with Gasteiger partial charge in [-0.1, -0.05) is 61.0 Å². The third-order valence-electron chi connectivity index (χ3n) is 6.38. The normalized spacial score (nSPS) is 11.9. The number of carbonyl (C=O) groups excluding carboxylic acids is 3. The van der Waals surface area contributed by atoms with Crippen LogP contribution in [0.25, 0.3) is 6.08 Å². The molecule has 0 bridgehead atoms. The molecule has 0 aliphatic heterocycles. The molecule has 1 atom stereocenters. The van der Waals surface area contributed by atoms with Crippen molar-refractivity contribution in [1.29, 1.82) is 0 Å². The third kappa shape index (κ3) is 8.41. The molecule has 4 aromatic carbocycles. The molecule has 8 heteroatoms. The summed E-state index contributed by atoms with van der Waals surface area (Å²) >= 11 is 1.40. The van der Waals surface area contributed by atoms with Crippen molar-refractivity contribution >= 4 is 46.9 Å². The predicted octanol–water partition coefficient (Wildman–Crippen LogP) is 7.36. The molecule has 214 valence electrons. The number of benzene rings is 4. The number of nitrogens with one attached hydrogen (secondary N) is 3. The summed E-state index contributed by atoms with van der Waals surface area (Å²) in [5.74, 6) is -1.51. The maximum absolute atomic E-state index is 13.4. The SMILES string of the molecule is CCC(Sc1cccc(NC(=O)/C(=C\c2ccc(F)cc2)NC(=O)c2ccccc2)c1)C(=O)Nc1ccc(C)cc1C. The van der Waals surface area contributed by atoms with E-state index in [4.69, 9.17) is 0 Å². The van der Waals surface area contributed by atoms with E-state index in [9.17, 15) is 18.8 Å². The lowest BCUT2D eigenvalue weighted by Gasteiger charge is -2.17. The van der Waals surface area contributed by atoms with E-state index in [0.29, 0.717) is 23.2 Å². The van der Waals surface area contributed by atoms with Crippen molar-refractivity contribution < 1.29 is 18.8 Å². The number of hydrogen-bond acceptors (Lipinski definition) is 4. The maximum atomic E-state index is 13.4. The van der Waals surface area contributed by atoms with E-state index in [0.717, 1.165) is 21.7 Å². The van der Waals surface area contributed by atoms with E-state index in [1.807, 2.05) is 45.0 Å². The van der Waals surface area contributed by atoms with Gasteiger partial charge in [-0.15, -0.1) is 11.8 Å². The lowest BCUT2D eigenvalue weighted by Crippen LogP contribution is -2.30. The first-order chi connectivity index (χ1) is 20.2. The van der Waals surface area contributed by atoms with E-state index in [-0.39, 0.29) is 16.9 Å². The minimum Gasteiger partial charge on any atom is -0.325 e. The van der Waals surface area contributed by atoms with Gasteiger partial charge in [-0.25, -0.2) is 4.39 Å². The van der Waals surface area contributed by atoms with Gasteiger partial charge in [0.05, 0.1) is 5.25 Å². The quantitative estimate of drug-likeness (QED) is 0.135. The highest BCUT2D eigenvalue weighted by molar-refractivity contribution is 8.00. The zero-order valence-electron chi connectivity index (χ0n) is 23.6. The summed E-state index contributed by atoms with van der Waals surface area (Å²) < 4.78 is 13.4. The van der Waals surface area contributed by atoms with Crippen molar-refractivity contribution in [1.82, 2.24) is 5.32 Å². The number of anilines is 2. The van der Waals surface area contributed by atoms with Crippen LogP contribution in [0.15, 0.2) is 108 Å². The van der Waals surface area contributed by atoms with Crippen LogP contribution in [0.1, 0.15) is 40.4 Å². The van der Waals surface area contributed by atoms with E-state index in [2.05, 4.69) is 16.0 Å². The second-order valence-electron chi connectivity index (χ2n) is 9.73. The van der Waals surface area contributed by atoms with Gasteiger partial charge in [0, 0.05) is 21.8 Å². The molecule has 0 aliphatic carbocycles. The van der Waals surface area contributed by atoms with Gasteiger partial charge in [-0.3, -0.25) is 14.4 Å².